The van der Waals surface area contributed by atoms with Gasteiger partial charge in [-0.15, -0.1) is 0 Å². The van der Waals surface area contributed by atoms with E-state index < -0.39 is 0 Å². The monoisotopic (exact) mass is 413 g/mol. The van der Waals surface area contributed by atoms with Gasteiger partial charge in [-0.3, -0.25) is 0 Å². The summed E-state index contributed by atoms with van der Waals surface area (Å²) >= 11 is 8.91. The quantitative estimate of drug-likeness (QED) is 0.684. The second-order valence-corrected chi connectivity index (χ2v) is 7.60. The van der Waals surface area contributed by atoms with Gasteiger partial charge in [-0.2, -0.15) is 0 Å². The topological polar surface area (TPSA) is 26.0 Å². The Labute approximate surface area is 141 Å². The molecule has 0 aromatic heterocycles. The Kier molecular flexibility index (Phi) is 6.15. The van der Waals surface area contributed by atoms with E-state index in [4.69, 9.17) is 5.73 Å². The second-order valence-electron chi connectivity index (χ2n) is 4.69. The number of rotatable bonds is 5. The molecule has 1 unspecified atom stereocenters. The lowest BCUT2D eigenvalue weighted by Gasteiger charge is -2.11. The highest BCUT2D eigenvalue weighted by molar-refractivity contribution is 9.10. The van der Waals surface area contributed by atoms with E-state index in [9.17, 15) is 0 Å². The van der Waals surface area contributed by atoms with Crippen LogP contribution in [0.3, 0.4) is 0 Å². The van der Waals surface area contributed by atoms with E-state index in [1.54, 1.807) is 11.8 Å². The number of halogens is 2. The zero-order chi connectivity index (χ0) is 14.5. The fraction of sp³-hybridized carbons (Fsp3) is 0.250. The van der Waals surface area contributed by atoms with Crippen molar-refractivity contribution in [3.05, 3.63) is 57.0 Å². The van der Waals surface area contributed by atoms with E-state index >= 15 is 0 Å². The maximum Gasteiger partial charge on any atom is 0.0219 e. The number of nitrogens with two attached hydrogens (primary N) is 1. The molecule has 1 nitrogen and oxygen atoms in total. The van der Waals surface area contributed by atoms with Crippen LogP contribution in [0, 0.1) is 0 Å². The molecule has 0 bridgehead atoms. The minimum atomic E-state index is 0.231. The molecule has 20 heavy (non-hydrogen) atoms. The van der Waals surface area contributed by atoms with Crippen LogP contribution in [0.1, 0.15) is 18.9 Å². The van der Waals surface area contributed by atoms with E-state index in [-0.39, 0.29) is 6.04 Å². The van der Waals surface area contributed by atoms with Gasteiger partial charge < -0.3 is 5.73 Å². The molecule has 2 rings (SSSR count). The molecule has 0 amide bonds. The third kappa shape index (κ3) is 4.62. The lowest BCUT2D eigenvalue weighted by Crippen LogP contribution is -2.21. The summed E-state index contributed by atoms with van der Waals surface area (Å²) in [7, 11) is 0. The summed E-state index contributed by atoms with van der Waals surface area (Å²) in [5.74, 6) is 0. The number of hydrogen-bond acceptors (Lipinski definition) is 2. The van der Waals surface area contributed by atoms with Crippen LogP contribution in [0.2, 0.25) is 0 Å². The molecule has 0 fully saturated rings. The van der Waals surface area contributed by atoms with Gasteiger partial charge in [0.05, 0.1) is 0 Å². The highest BCUT2D eigenvalue weighted by atomic mass is 79.9. The Hall–Kier alpha value is -0.290. The molecule has 106 valence electrons. The SMILES string of the molecule is CCC(N)Cc1ccc(Sc2cccc(Br)c2)cc1Br. The summed E-state index contributed by atoms with van der Waals surface area (Å²) in [6.07, 6.45) is 1.92. The summed E-state index contributed by atoms with van der Waals surface area (Å²) in [4.78, 5) is 2.45. The van der Waals surface area contributed by atoms with Crippen molar-refractivity contribution in [2.75, 3.05) is 0 Å². The molecule has 0 spiro atoms. The van der Waals surface area contributed by atoms with Crippen molar-refractivity contribution < 1.29 is 0 Å². The van der Waals surface area contributed by atoms with Crippen molar-refractivity contribution in [1.82, 2.24) is 0 Å². The summed E-state index contributed by atoms with van der Waals surface area (Å²) in [6, 6.07) is 15.1. The fourth-order valence-corrected chi connectivity index (χ4v) is 4.01. The van der Waals surface area contributed by atoms with E-state index in [2.05, 4.69) is 75.2 Å². The summed E-state index contributed by atoms with van der Waals surface area (Å²) in [5.41, 5.74) is 7.30. The van der Waals surface area contributed by atoms with Crippen LogP contribution in [0.25, 0.3) is 0 Å². The van der Waals surface area contributed by atoms with Crippen molar-refractivity contribution in [2.24, 2.45) is 5.73 Å². The van der Waals surface area contributed by atoms with Gasteiger partial charge in [-0.1, -0.05) is 62.7 Å². The van der Waals surface area contributed by atoms with Crippen LogP contribution in [0.4, 0.5) is 0 Å². The maximum atomic E-state index is 6.02. The van der Waals surface area contributed by atoms with Crippen molar-refractivity contribution in [3.63, 3.8) is 0 Å². The van der Waals surface area contributed by atoms with Gasteiger partial charge in [-0.05, 0) is 48.7 Å². The molecule has 0 aliphatic heterocycles. The second kappa shape index (κ2) is 7.64. The first-order valence-electron chi connectivity index (χ1n) is 6.56. The zero-order valence-corrected chi connectivity index (χ0v) is 15.3. The minimum Gasteiger partial charge on any atom is -0.327 e. The minimum absolute atomic E-state index is 0.231. The first kappa shape index (κ1) is 16.1. The van der Waals surface area contributed by atoms with Crippen LogP contribution in [-0.4, -0.2) is 6.04 Å². The lowest BCUT2D eigenvalue weighted by molar-refractivity contribution is 0.645. The standard InChI is InChI=1S/C16H17Br2NS/c1-2-13(19)8-11-6-7-15(10-16(11)18)20-14-5-3-4-12(17)9-14/h3-7,9-10,13H,2,8,19H2,1H3. The molecule has 0 aliphatic rings. The third-order valence-corrected chi connectivity index (χ3v) is 5.27. The summed E-state index contributed by atoms with van der Waals surface area (Å²) in [5, 5.41) is 0. The first-order chi connectivity index (χ1) is 9.58. The highest BCUT2D eigenvalue weighted by Gasteiger charge is 2.07. The molecule has 2 N–H and O–H groups in total. The van der Waals surface area contributed by atoms with Gasteiger partial charge in [0.1, 0.15) is 0 Å². The van der Waals surface area contributed by atoms with Gasteiger partial charge in [0, 0.05) is 24.8 Å². The molecule has 2 aromatic carbocycles. The van der Waals surface area contributed by atoms with Crippen molar-refractivity contribution in [1.29, 1.82) is 0 Å². The van der Waals surface area contributed by atoms with Gasteiger partial charge in [0.2, 0.25) is 0 Å². The molecule has 0 radical (unpaired) electrons. The summed E-state index contributed by atoms with van der Waals surface area (Å²) in [6.45, 7) is 2.12. The van der Waals surface area contributed by atoms with Gasteiger partial charge >= 0.3 is 0 Å². The average Bonchev–Trinajstić information content (AvgIpc) is 2.41. The Bertz CT molecular complexity index is 586. The van der Waals surface area contributed by atoms with Crippen molar-refractivity contribution in [3.8, 4) is 0 Å². The molecular weight excluding hydrogens is 398 g/mol. The molecule has 0 heterocycles. The maximum absolute atomic E-state index is 6.02. The van der Waals surface area contributed by atoms with Crippen LogP contribution >= 0.6 is 43.6 Å². The van der Waals surface area contributed by atoms with Crippen LogP contribution in [0.15, 0.2) is 61.2 Å². The van der Waals surface area contributed by atoms with E-state index in [1.807, 2.05) is 6.07 Å². The van der Waals surface area contributed by atoms with Crippen molar-refractivity contribution in [2.45, 2.75) is 35.6 Å². The Morgan fingerprint density at radius 3 is 2.50 bits per heavy atom. The van der Waals surface area contributed by atoms with Crippen LogP contribution in [-0.2, 0) is 6.42 Å². The molecule has 4 heteroatoms. The van der Waals surface area contributed by atoms with Gasteiger partial charge in [0.15, 0.2) is 0 Å². The van der Waals surface area contributed by atoms with E-state index in [0.717, 1.165) is 21.8 Å². The van der Waals surface area contributed by atoms with Crippen LogP contribution in [0.5, 0.6) is 0 Å². The van der Waals surface area contributed by atoms with Crippen LogP contribution < -0.4 is 5.73 Å². The largest absolute Gasteiger partial charge is 0.327 e. The highest BCUT2D eigenvalue weighted by Crippen LogP contribution is 2.32. The lowest BCUT2D eigenvalue weighted by atomic mass is 10.1. The Morgan fingerprint density at radius 1 is 1.10 bits per heavy atom. The van der Waals surface area contributed by atoms with Crippen molar-refractivity contribution >= 4 is 43.6 Å². The predicted octanol–water partition coefficient (Wildman–Crippen LogP) is 5.64. The number of benzene rings is 2. The Balaban J connectivity index is 2.13. The molecule has 0 aliphatic carbocycles. The number of hydrogen-bond donors (Lipinski definition) is 1. The fourth-order valence-electron chi connectivity index (χ4n) is 1.85. The van der Waals surface area contributed by atoms with Gasteiger partial charge in [-0.25, -0.2) is 0 Å². The predicted molar refractivity (Wildman–Crippen MR) is 94.4 cm³/mol. The molecule has 2 aromatic rings. The molecule has 0 saturated heterocycles. The van der Waals surface area contributed by atoms with Gasteiger partial charge in [0.25, 0.3) is 0 Å². The third-order valence-electron chi connectivity index (χ3n) is 3.06. The smallest absolute Gasteiger partial charge is 0.0219 e. The summed E-state index contributed by atoms with van der Waals surface area (Å²) < 4.78 is 2.24. The van der Waals surface area contributed by atoms with E-state index in [1.165, 1.54) is 15.4 Å². The van der Waals surface area contributed by atoms with E-state index in [0.29, 0.717) is 0 Å². The molecular formula is C16H17Br2NS. The normalized spacial score (nSPS) is 12.4. The molecule has 1 atom stereocenters. The zero-order valence-electron chi connectivity index (χ0n) is 11.3. The molecule has 0 saturated carbocycles. The first-order valence-corrected chi connectivity index (χ1v) is 8.96. The average molecular weight is 415 g/mol. The Morgan fingerprint density at radius 2 is 1.85 bits per heavy atom.